The van der Waals surface area contributed by atoms with Crippen LogP contribution in [0.15, 0.2) is 23.0 Å². The molecule has 5 rings (SSSR count). The van der Waals surface area contributed by atoms with Gasteiger partial charge < -0.3 is 9.64 Å². The molecule has 160 valence electrons. The molecule has 0 radical (unpaired) electrons. The van der Waals surface area contributed by atoms with Crippen molar-refractivity contribution in [3.63, 3.8) is 0 Å². The van der Waals surface area contributed by atoms with Crippen molar-refractivity contribution in [2.24, 2.45) is 5.92 Å². The maximum Gasteiger partial charge on any atom is 0.251 e. The van der Waals surface area contributed by atoms with E-state index in [1.165, 1.54) is 0 Å². The van der Waals surface area contributed by atoms with Gasteiger partial charge >= 0.3 is 0 Å². The third-order valence-corrected chi connectivity index (χ3v) is 6.57. The smallest absolute Gasteiger partial charge is 0.251 e. The summed E-state index contributed by atoms with van der Waals surface area (Å²) in [6.45, 7) is 6.61. The van der Waals surface area contributed by atoms with Gasteiger partial charge in [-0.15, -0.1) is 0 Å². The molecule has 9 nitrogen and oxygen atoms in total. The van der Waals surface area contributed by atoms with Gasteiger partial charge in [0, 0.05) is 56.2 Å². The number of nitrogens with one attached hydrogen (secondary N) is 1. The van der Waals surface area contributed by atoms with Gasteiger partial charge in [0.15, 0.2) is 0 Å². The Hall–Kier alpha value is -2.52. The minimum atomic E-state index is -0.452. The summed E-state index contributed by atoms with van der Waals surface area (Å²) in [7, 11) is 0. The number of aryl methyl sites for hydroxylation is 1. The summed E-state index contributed by atoms with van der Waals surface area (Å²) in [6, 6.07) is 4.94. The topological polar surface area (TPSA) is 96.4 Å². The number of amides is 1. The fourth-order valence-corrected chi connectivity index (χ4v) is 5.22. The summed E-state index contributed by atoms with van der Waals surface area (Å²) in [4.78, 5) is 35.1. The van der Waals surface area contributed by atoms with Crippen molar-refractivity contribution in [1.29, 1.82) is 0 Å². The maximum absolute atomic E-state index is 13.5. The molecule has 30 heavy (non-hydrogen) atoms. The second kappa shape index (κ2) is 7.96. The molecule has 2 aromatic rings. The highest BCUT2D eigenvalue weighted by atomic mass is 16.5. The number of carbonyl (C=O) groups excluding carboxylic acids is 1. The van der Waals surface area contributed by atoms with E-state index in [2.05, 4.69) is 20.1 Å². The van der Waals surface area contributed by atoms with E-state index >= 15 is 0 Å². The molecule has 3 aliphatic heterocycles. The third-order valence-electron chi connectivity index (χ3n) is 6.57. The van der Waals surface area contributed by atoms with Gasteiger partial charge in [0.2, 0.25) is 5.91 Å². The molecule has 5 heterocycles. The molecular weight excluding hydrogens is 384 g/mol. The Bertz CT molecular complexity index is 979. The van der Waals surface area contributed by atoms with Crippen LogP contribution in [0.1, 0.15) is 42.6 Å². The number of hydrogen-bond acceptors (Lipinski definition) is 6. The highest BCUT2D eigenvalue weighted by Gasteiger charge is 2.45. The number of piperidine rings is 1. The molecule has 2 bridgehead atoms. The third kappa shape index (κ3) is 3.45. The number of ether oxygens (including phenoxy) is 1. The van der Waals surface area contributed by atoms with Crippen molar-refractivity contribution in [2.45, 2.75) is 38.3 Å². The summed E-state index contributed by atoms with van der Waals surface area (Å²) in [5.41, 5.74) is 0.895. The van der Waals surface area contributed by atoms with Crippen LogP contribution in [-0.4, -0.2) is 74.8 Å². The molecule has 0 unspecified atom stereocenters. The zero-order valence-corrected chi connectivity index (χ0v) is 17.3. The van der Waals surface area contributed by atoms with Gasteiger partial charge in [0.25, 0.3) is 5.56 Å². The Morgan fingerprint density at radius 2 is 2.10 bits per heavy atom. The van der Waals surface area contributed by atoms with E-state index < -0.39 is 6.04 Å². The number of morpholine rings is 1. The molecule has 1 amide bonds. The van der Waals surface area contributed by atoms with Gasteiger partial charge in [0.1, 0.15) is 17.7 Å². The molecule has 0 spiro atoms. The van der Waals surface area contributed by atoms with Gasteiger partial charge in [-0.2, -0.15) is 5.10 Å². The van der Waals surface area contributed by atoms with Crippen LogP contribution in [0.3, 0.4) is 0 Å². The quantitative estimate of drug-likeness (QED) is 0.788. The first-order valence-electron chi connectivity index (χ1n) is 10.8. The van der Waals surface area contributed by atoms with Crippen LogP contribution >= 0.6 is 0 Å². The Balaban J connectivity index is 1.45. The van der Waals surface area contributed by atoms with Crippen LogP contribution in [0.25, 0.3) is 0 Å². The van der Waals surface area contributed by atoms with E-state index in [0.29, 0.717) is 32.8 Å². The van der Waals surface area contributed by atoms with Crippen LogP contribution in [0.4, 0.5) is 0 Å². The minimum Gasteiger partial charge on any atom is -0.378 e. The Kier molecular flexibility index (Phi) is 5.16. The van der Waals surface area contributed by atoms with Crippen LogP contribution < -0.4 is 5.56 Å². The van der Waals surface area contributed by atoms with E-state index in [1.54, 1.807) is 10.6 Å². The fraction of sp³-hybridized carbons (Fsp3) is 0.619. The van der Waals surface area contributed by atoms with Crippen molar-refractivity contribution in [1.82, 2.24) is 29.5 Å². The average Bonchev–Trinajstić information content (AvgIpc) is 3.22. The average molecular weight is 412 g/mol. The number of aromatic nitrogens is 4. The normalized spacial score (nSPS) is 26.4. The van der Waals surface area contributed by atoms with Gasteiger partial charge in [-0.1, -0.05) is 13.0 Å². The van der Waals surface area contributed by atoms with Crippen molar-refractivity contribution in [2.75, 3.05) is 39.4 Å². The van der Waals surface area contributed by atoms with E-state index in [0.717, 1.165) is 43.3 Å². The minimum absolute atomic E-state index is 0.0473. The number of rotatable bonds is 4. The summed E-state index contributed by atoms with van der Waals surface area (Å²) >= 11 is 0. The van der Waals surface area contributed by atoms with Crippen molar-refractivity contribution in [3.8, 4) is 0 Å². The highest BCUT2D eigenvalue weighted by Crippen LogP contribution is 2.42. The maximum atomic E-state index is 13.5. The summed E-state index contributed by atoms with van der Waals surface area (Å²) in [5, 5.41) is 7.28. The van der Waals surface area contributed by atoms with Gasteiger partial charge in [-0.3, -0.25) is 24.2 Å². The first-order valence-corrected chi connectivity index (χ1v) is 10.8. The van der Waals surface area contributed by atoms with Crippen LogP contribution in [0.5, 0.6) is 0 Å². The lowest BCUT2D eigenvalue weighted by molar-refractivity contribution is -0.142. The van der Waals surface area contributed by atoms with E-state index in [-0.39, 0.29) is 23.3 Å². The molecule has 2 saturated heterocycles. The van der Waals surface area contributed by atoms with Crippen LogP contribution in [0.2, 0.25) is 0 Å². The van der Waals surface area contributed by atoms with Crippen molar-refractivity contribution >= 4 is 5.91 Å². The second-order valence-corrected chi connectivity index (χ2v) is 8.48. The first kappa shape index (κ1) is 19.4. The molecule has 1 N–H and O–H groups in total. The standard InChI is InChI=1S/C21H28N6O3/c1-2-17-22-18(24-23-17)13-25-11-14-10-15(12-25)20(21(29)26-6-8-30-9-7-26)27-16(14)4-3-5-19(27)28/h3-5,14-15,20H,2,6-13H2,1H3,(H,22,23,24)/t14-,15+,20-/m1/s1. The highest BCUT2D eigenvalue weighted by molar-refractivity contribution is 5.81. The first-order chi connectivity index (χ1) is 14.6. The van der Waals surface area contributed by atoms with Crippen molar-refractivity contribution in [3.05, 3.63) is 45.9 Å². The number of hydrogen-bond donors (Lipinski definition) is 1. The molecule has 9 heteroatoms. The lowest BCUT2D eigenvalue weighted by atomic mass is 9.78. The summed E-state index contributed by atoms with van der Waals surface area (Å²) < 4.78 is 7.19. The molecule has 3 aliphatic rings. The zero-order valence-electron chi connectivity index (χ0n) is 17.3. The van der Waals surface area contributed by atoms with Crippen LogP contribution in [-0.2, 0) is 22.5 Å². The number of likely N-dealkylation sites (tertiary alicyclic amines) is 1. The lowest BCUT2D eigenvalue weighted by Crippen LogP contribution is -2.55. The Labute approximate surface area is 175 Å². The largest absolute Gasteiger partial charge is 0.378 e. The number of pyridine rings is 1. The van der Waals surface area contributed by atoms with E-state index in [1.807, 2.05) is 24.0 Å². The zero-order chi connectivity index (χ0) is 20.7. The molecule has 3 atom stereocenters. The molecule has 2 fully saturated rings. The number of H-pyrrole nitrogens is 1. The number of aromatic amines is 1. The Morgan fingerprint density at radius 1 is 1.27 bits per heavy atom. The second-order valence-electron chi connectivity index (χ2n) is 8.48. The SMILES string of the molecule is CCc1n[nH]c(CN2C[C@H]3C[C@@H](C2)[C@H](C(=O)N2CCOCC2)n2c3cccc2=O)n1. The van der Waals surface area contributed by atoms with Crippen molar-refractivity contribution < 1.29 is 9.53 Å². The molecule has 0 aliphatic carbocycles. The number of carbonyl (C=O) groups is 1. The molecule has 2 aromatic heterocycles. The number of nitrogens with zero attached hydrogens (tertiary/aromatic N) is 5. The van der Waals surface area contributed by atoms with Gasteiger partial charge in [-0.05, 0) is 12.5 Å². The summed E-state index contributed by atoms with van der Waals surface area (Å²) in [5.74, 6) is 2.05. The molecule has 0 saturated carbocycles. The fourth-order valence-electron chi connectivity index (χ4n) is 5.22. The predicted molar refractivity (Wildman–Crippen MR) is 109 cm³/mol. The molecular formula is C21H28N6O3. The van der Waals surface area contributed by atoms with Gasteiger partial charge in [-0.25, -0.2) is 4.98 Å². The number of fused-ring (bicyclic) bond motifs is 4. The van der Waals surface area contributed by atoms with Crippen LogP contribution in [0, 0.1) is 5.92 Å². The lowest BCUT2D eigenvalue weighted by Gasteiger charge is -2.47. The van der Waals surface area contributed by atoms with E-state index in [9.17, 15) is 9.59 Å². The monoisotopic (exact) mass is 412 g/mol. The summed E-state index contributed by atoms with van der Waals surface area (Å²) in [6.07, 6.45) is 1.73. The van der Waals surface area contributed by atoms with Gasteiger partial charge in [0.05, 0.1) is 19.8 Å². The molecule has 0 aromatic carbocycles. The Morgan fingerprint density at radius 3 is 2.87 bits per heavy atom. The predicted octanol–water partition coefficient (Wildman–Crippen LogP) is 0.548. The van der Waals surface area contributed by atoms with E-state index in [4.69, 9.17) is 4.74 Å².